The lowest BCUT2D eigenvalue weighted by atomic mass is 9.85. The SMILES string of the molecule is Cc1cc(N=Nc2cc(Cl)ccc2[N+](=O)[O-])c(O)c(C(C)(C)C)c1. The van der Waals surface area contributed by atoms with E-state index in [9.17, 15) is 15.2 Å². The summed E-state index contributed by atoms with van der Waals surface area (Å²) in [4.78, 5) is 10.5. The summed E-state index contributed by atoms with van der Waals surface area (Å²) in [6.45, 7) is 7.81. The van der Waals surface area contributed by atoms with Gasteiger partial charge in [-0.05, 0) is 36.1 Å². The number of hydrogen-bond donors (Lipinski definition) is 1. The number of phenolic OH excluding ortho intramolecular Hbond substituents is 1. The van der Waals surface area contributed by atoms with E-state index in [1.807, 2.05) is 33.8 Å². The summed E-state index contributed by atoms with van der Waals surface area (Å²) in [5.74, 6) is 0.0153. The molecule has 0 bridgehead atoms. The van der Waals surface area contributed by atoms with Gasteiger partial charge >= 0.3 is 0 Å². The van der Waals surface area contributed by atoms with Crippen LogP contribution in [0.5, 0.6) is 5.75 Å². The summed E-state index contributed by atoms with van der Waals surface area (Å²) in [7, 11) is 0. The normalized spacial score (nSPS) is 11.9. The van der Waals surface area contributed by atoms with Crippen molar-refractivity contribution in [3.63, 3.8) is 0 Å². The lowest BCUT2D eigenvalue weighted by Crippen LogP contribution is -2.11. The molecular weight excluding hydrogens is 330 g/mol. The number of benzene rings is 2. The molecule has 0 aliphatic heterocycles. The molecule has 2 aromatic rings. The number of aryl methyl sites for hydroxylation is 1. The lowest BCUT2D eigenvalue weighted by molar-refractivity contribution is -0.384. The summed E-state index contributed by atoms with van der Waals surface area (Å²) in [6.07, 6.45) is 0. The van der Waals surface area contributed by atoms with Gasteiger partial charge in [0.15, 0.2) is 5.69 Å². The molecule has 0 spiro atoms. The van der Waals surface area contributed by atoms with Crippen molar-refractivity contribution in [1.29, 1.82) is 0 Å². The molecule has 2 aromatic carbocycles. The van der Waals surface area contributed by atoms with Crippen LogP contribution in [0.25, 0.3) is 0 Å². The predicted octanol–water partition coefficient (Wildman–Crippen LogP) is 5.98. The van der Waals surface area contributed by atoms with Crippen LogP contribution in [-0.4, -0.2) is 10.0 Å². The molecule has 6 nitrogen and oxygen atoms in total. The van der Waals surface area contributed by atoms with Crippen molar-refractivity contribution in [2.24, 2.45) is 10.2 Å². The standard InChI is InChI=1S/C17H18ClN3O3/c1-10-7-12(17(2,3)4)16(22)14(8-10)20-19-13-9-11(18)5-6-15(13)21(23)24/h5-9,22H,1-4H3. The van der Waals surface area contributed by atoms with Gasteiger partial charge in [0.1, 0.15) is 11.4 Å². The highest BCUT2D eigenvalue weighted by Crippen LogP contribution is 2.40. The number of nitro benzene ring substituents is 1. The Hall–Kier alpha value is -2.47. The van der Waals surface area contributed by atoms with Crippen LogP contribution in [0.4, 0.5) is 17.1 Å². The van der Waals surface area contributed by atoms with Crippen molar-refractivity contribution < 1.29 is 10.0 Å². The van der Waals surface area contributed by atoms with Gasteiger partial charge in [0.2, 0.25) is 0 Å². The highest BCUT2D eigenvalue weighted by atomic mass is 35.5. The Bertz CT molecular complexity index is 827. The van der Waals surface area contributed by atoms with Gasteiger partial charge in [-0.25, -0.2) is 0 Å². The molecule has 2 rings (SSSR count). The zero-order chi connectivity index (χ0) is 18.1. The number of halogens is 1. The minimum atomic E-state index is -0.554. The minimum absolute atomic E-state index is 0.0153. The van der Waals surface area contributed by atoms with Crippen molar-refractivity contribution in [1.82, 2.24) is 0 Å². The highest BCUT2D eigenvalue weighted by molar-refractivity contribution is 6.30. The molecule has 0 heterocycles. The fourth-order valence-electron chi connectivity index (χ4n) is 2.25. The van der Waals surface area contributed by atoms with E-state index in [0.717, 1.165) is 11.1 Å². The van der Waals surface area contributed by atoms with Crippen LogP contribution in [0, 0.1) is 17.0 Å². The molecule has 0 saturated heterocycles. The minimum Gasteiger partial charge on any atom is -0.505 e. The molecular formula is C17H18ClN3O3. The summed E-state index contributed by atoms with van der Waals surface area (Å²) >= 11 is 5.87. The first-order chi connectivity index (χ1) is 11.1. The topological polar surface area (TPSA) is 88.1 Å². The Morgan fingerprint density at radius 1 is 1.12 bits per heavy atom. The third-order valence-electron chi connectivity index (χ3n) is 3.44. The average molecular weight is 348 g/mol. The van der Waals surface area contributed by atoms with E-state index < -0.39 is 4.92 Å². The second-order valence-electron chi connectivity index (χ2n) is 6.52. The Balaban J connectivity index is 2.53. The van der Waals surface area contributed by atoms with E-state index in [2.05, 4.69) is 10.2 Å². The molecule has 0 saturated carbocycles. The molecule has 1 N–H and O–H groups in total. The van der Waals surface area contributed by atoms with Crippen LogP contribution in [0.3, 0.4) is 0 Å². The van der Waals surface area contributed by atoms with Crippen molar-refractivity contribution in [3.8, 4) is 5.75 Å². The first kappa shape index (κ1) is 17.9. The Labute approximate surface area is 145 Å². The zero-order valence-electron chi connectivity index (χ0n) is 13.9. The maximum Gasteiger partial charge on any atom is 0.296 e. The van der Waals surface area contributed by atoms with Crippen LogP contribution < -0.4 is 0 Å². The molecule has 0 radical (unpaired) electrons. The summed E-state index contributed by atoms with van der Waals surface area (Å²) in [6, 6.07) is 7.61. The molecule has 0 unspecified atom stereocenters. The second kappa shape index (κ2) is 6.57. The highest BCUT2D eigenvalue weighted by Gasteiger charge is 2.21. The summed E-state index contributed by atoms with van der Waals surface area (Å²) in [5.41, 5.74) is 1.46. The molecule has 0 fully saturated rings. The molecule has 0 aromatic heterocycles. The maximum absolute atomic E-state index is 11.1. The second-order valence-corrected chi connectivity index (χ2v) is 6.96. The third-order valence-corrected chi connectivity index (χ3v) is 3.68. The summed E-state index contributed by atoms with van der Waals surface area (Å²) in [5, 5.41) is 29.8. The number of nitrogens with zero attached hydrogens (tertiary/aromatic N) is 3. The molecule has 0 aliphatic rings. The average Bonchev–Trinajstić information content (AvgIpc) is 2.46. The van der Waals surface area contributed by atoms with E-state index in [4.69, 9.17) is 11.6 Å². The molecule has 0 amide bonds. The van der Waals surface area contributed by atoms with Gasteiger partial charge in [-0.1, -0.05) is 38.4 Å². The van der Waals surface area contributed by atoms with Crippen LogP contribution in [-0.2, 0) is 5.41 Å². The van der Waals surface area contributed by atoms with Crippen molar-refractivity contribution in [3.05, 3.63) is 56.6 Å². The van der Waals surface area contributed by atoms with Gasteiger partial charge in [-0.3, -0.25) is 10.1 Å². The Morgan fingerprint density at radius 3 is 2.33 bits per heavy atom. The van der Waals surface area contributed by atoms with Crippen molar-refractivity contribution in [2.45, 2.75) is 33.1 Å². The van der Waals surface area contributed by atoms with Crippen LogP contribution in [0.2, 0.25) is 5.02 Å². The van der Waals surface area contributed by atoms with Gasteiger partial charge < -0.3 is 5.11 Å². The van der Waals surface area contributed by atoms with E-state index in [0.29, 0.717) is 5.02 Å². The lowest BCUT2D eigenvalue weighted by Gasteiger charge is -2.21. The molecule has 126 valence electrons. The van der Waals surface area contributed by atoms with E-state index in [1.165, 1.54) is 18.2 Å². The first-order valence-corrected chi connectivity index (χ1v) is 7.67. The molecule has 7 heteroatoms. The van der Waals surface area contributed by atoms with Crippen molar-refractivity contribution >= 4 is 28.7 Å². The molecule has 0 aliphatic carbocycles. The zero-order valence-corrected chi connectivity index (χ0v) is 14.6. The number of aromatic hydroxyl groups is 1. The Kier molecular flexibility index (Phi) is 4.89. The van der Waals surface area contributed by atoms with Gasteiger partial charge in [0, 0.05) is 16.7 Å². The number of phenols is 1. The monoisotopic (exact) mass is 347 g/mol. The third kappa shape index (κ3) is 3.89. The maximum atomic E-state index is 11.1. The van der Waals surface area contributed by atoms with Crippen LogP contribution >= 0.6 is 11.6 Å². The van der Waals surface area contributed by atoms with Gasteiger partial charge in [0.25, 0.3) is 5.69 Å². The number of rotatable bonds is 3. The predicted molar refractivity (Wildman–Crippen MR) is 93.8 cm³/mol. The number of hydrogen-bond acceptors (Lipinski definition) is 5. The van der Waals surface area contributed by atoms with E-state index >= 15 is 0 Å². The number of azo groups is 1. The molecule has 24 heavy (non-hydrogen) atoms. The van der Waals surface area contributed by atoms with E-state index in [-0.39, 0.29) is 28.2 Å². The Morgan fingerprint density at radius 2 is 1.75 bits per heavy atom. The van der Waals surface area contributed by atoms with Crippen molar-refractivity contribution in [2.75, 3.05) is 0 Å². The van der Waals surface area contributed by atoms with Gasteiger partial charge in [-0.15, -0.1) is 10.2 Å². The number of nitro groups is 1. The first-order valence-electron chi connectivity index (χ1n) is 7.29. The van der Waals surface area contributed by atoms with Gasteiger partial charge in [-0.2, -0.15) is 0 Å². The van der Waals surface area contributed by atoms with Crippen LogP contribution in [0.1, 0.15) is 31.9 Å². The largest absolute Gasteiger partial charge is 0.505 e. The molecule has 0 atom stereocenters. The van der Waals surface area contributed by atoms with E-state index in [1.54, 1.807) is 6.07 Å². The quantitative estimate of drug-likeness (QED) is 0.421. The summed E-state index contributed by atoms with van der Waals surface area (Å²) < 4.78 is 0. The van der Waals surface area contributed by atoms with Crippen LogP contribution in [0.15, 0.2) is 40.6 Å². The van der Waals surface area contributed by atoms with Gasteiger partial charge in [0.05, 0.1) is 4.92 Å². The fraction of sp³-hybridized carbons (Fsp3) is 0.294. The fourth-order valence-corrected chi connectivity index (χ4v) is 2.41. The smallest absolute Gasteiger partial charge is 0.296 e.